The number of hydrogen-bond donors (Lipinski definition) is 0. The van der Waals surface area contributed by atoms with E-state index in [-0.39, 0.29) is 16.9 Å². The fourth-order valence-electron chi connectivity index (χ4n) is 3.71. The number of halogens is 1. The van der Waals surface area contributed by atoms with Crippen LogP contribution in [0, 0.1) is 5.82 Å². The number of hydrogen-bond acceptors (Lipinski definition) is 2. The van der Waals surface area contributed by atoms with Gasteiger partial charge in [0.2, 0.25) is 0 Å². The van der Waals surface area contributed by atoms with E-state index in [4.69, 9.17) is 0 Å². The van der Waals surface area contributed by atoms with Gasteiger partial charge in [0.15, 0.2) is 5.78 Å². The zero-order valence-corrected chi connectivity index (χ0v) is 14.0. The lowest BCUT2D eigenvalue weighted by Crippen LogP contribution is -2.14. The van der Waals surface area contributed by atoms with Gasteiger partial charge in [0.05, 0.1) is 5.25 Å². The van der Waals surface area contributed by atoms with Crippen LogP contribution in [0.15, 0.2) is 83.3 Å². The Bertz CT molecular complexity index is 1050. The maximum atomic E-state index is 14.0. The summed E-state index contributed by atoms with van der Waals surface area (Å²) in [5.41, 5.74) is 5.19. The lowest BCUT2D eigenvalue weighted by molar-refractivity contribution is 0.102. The summed E-state index contributed by atoms with van der Waals surface area (Å²) in [5, 5.41) is -0.0757. The Morgan fingerprint density at radius 2 is 1.60 bits per heavy atom. The van der Waals surface area contributed by atoms with Crippen LogP contribution in [0.25, 0.3) is 5.57 Å². The second-order valence-electron chi connectivity index (χ2n) is 6.21. The average molecular weight is 344 g/mol. The van der Waals surface area contributed by atoms with Crippen molar-refractivity contribution in [3.8, 4) is 0 Å². The van der Waals surface area contributed by atoms with E-state index < -0.39 is 0 Å². The summed E-state index contributed by atoms with van der Waals surface area (Å²) in [4.78, 5) is 14.3. The summed E-state index contributed by atoms with van der Waals surface area (Å²) in [6.45, 7) is 0. The van der Waals surface area contributed by atoms with Crippen molar-refractivity contribution in [3.05, 3.63) is 106 Å². The fourth-order valence-corrected chi connectivity index (χ4v) is 5.08. The smallest absolute Gasteiger partial charge is 0.192 e. The standard InChI is InChI=1S/C22H13FOS/c23-14-10-11-15-17(12-14)19(13-6-2-1-3-7-13)20-21(24)16-8-4-5-9-18(16)25-22(15)20/h1-12,22H/t22-/m0/s1. The molecule has 0 amide bonds. The van der Waals surface area contributed by atoms with Gasteiger partial charge in [-0.2, -0.15) is 0 Å². The van der Waals surface area contributed by atoms with Gasteiger partial charge < -0.3 is 0 Å². The zero-order valence-electron chi connectivity index (χ0n) is 13.2. The second kappa shape index (κ2) is 5.43. The number of carbonyl (C=O) groups excluding carboxylic acids is 1. The molecule has 0 N–H and O–H groups in total. The SMILES string of the molecule is O=C1C2=C(c3ccccc3)c3cc(F)ccc3[C@@H]2Sc2ccccc21. The molecule has 0 aromatic heterocycles. The van der Waals surface area contributed by atoms with Crippen LogP contribution in [0.4, 0.5) is 4.39 Å². The number of rotatable bonds is 1. The third-order valence-corrected chi connectivity index (χ3v) is 6.12. The minimum absolute atomic E-state index is 0.0508. The molecule has 3 heteroatoms. The van der Waals surface area contributed by atoms with Crippen LogP contribution in [0.1, 0.15) is 32.3 Å². The van der Waals surface area contributed by atoms with Gasteiger partial charge in [-0.3, -0.25) is 4.79 Å². The first-order valence-electron chi connectivity index (χ1n) is 8.14. The van der Waals surface area contributed by atoms with Crippen molar-refractivity contribution in [2.45, 2.75) is 10.1 Å². The van der Waals surface area contributed by atoms with Crippen molar-refractivity contribution in [2.24, 2.45) is 0 Å². The minimum atomic E-state index is -0.276. The molecule has 25 heavy (non-hydrogen) atoms. The van der Waals surface area contributed by atoms with Gasteiger partial charge in [-0.25, -0.2) is 4.39 Å². The largest absolute Gasteiger partial charge is 0.289 e. The van der Waals surface area contributed by atoms with E-state index >= 15 is 0 Å². The summed E-state index contributed by atoms with van der Waals surface area (Å²) in [6, 6.07) is 22.4. The van der Waals surface area contributed by atoms with E-state index in [9.17, 15) is 9.18 Å². The van der Waals surface area contributed by atoms with Crippen molar-refractivity contribution < 1.29 is 9.18 Å². The molecule has 0 unspecified atom stereocenters. The topological polar surface area (TPSA) is 17.1 Å². The van der Waals surface area contributed by atoms with Crippen molar-refractivity contribution in [1.82, 2.24) is 0 Å². The summed E-state index contributed by atoms with van der Waals surface area (Å²) in [5.74, 6) is -0.226. The van der Waals surface area contributed by atoms with Crippen LogP contribution in [0.3, 0.4) is 0 Å². The molecular weight excluding hydrogens is 331 g/mol. The Morgan fingerprint density at radius 1 is 0.840 bits per heavy atom. The Labute approximate surface area is 149 Å². The van der Waals surface area contributed by atoms with E-state index in [0.717, 1.165) is 38.3 Å². The minimum Gasteiger partial charge on any atom is -0.289 e. The molecule has 1 aliphatic carbocycles. The number of carbonyl (C=O) groups is 1. The highest BCUT2D eigenvalue weighted by Gasteiger charge is 2.40. The first-order valence-corrected chi connectivity index (χ1v) is 9.02. The molecule has 5 rings (SSSR count). The highest BCUT2D eigenvalue weighted by molar-refractivity contribution is 8.00. The molecule has 1 nitrogen and oxygen atoms in total. The molecule has 2 aliphatic rings. The molecule has 1 aliphatic heterocycles. The van der Waals surface area contributed by atoms with Crippen molar-refractivity contribution >= 4 is 23.1 Å². The molecular formula is C22H13FOS. The van der Waals surface area contributed by atoms with Crippen LogP contribution in [0.5, 0.6) is 0 Å². The van der Waals surface area contributed by atoms with E-state index in [1.54, 1.807) is 17.8 Å². The lowest BCUT2D eigenvalue weighted by Gasteiger charge is -2.23. The number of fused-ring (bicyclic) bond motifs is 4. The quantitative estimate of drug-likeness (QED) is 0.566. The molecule has 3 aromatic carbocycles. The average Bonchev–Trinajstić information content (AvgIpc) is 2.96. The van der Waals surface area contributed by atoms with Crippen LogP contribution in [-0.2, 0) is 0 Å². The maximum Gasteiger partial charge on any atom is 0.192 e. The van der Waals surface area contributed by atoms with Crippen LogP contribution in [0.2, 0.25) is 0 Å². The lowest BCUT2D eigenvalue weighted by atomic mass is 9.93. The summed E-state index contributed by atoms with van der Waals surface area (Å²) >= 11 is 1.68. The Balaban J connectivity index is 1.83. The third kappa shape index (κ3) is 2.12. The third-order valence-electron chi connectivity index (χ3n) is 4.78. The first kappa shape index (κ1) is 14.7. The van der Waals surface area contributed by atoms with Crippen molar-refractivity contribution in [2.75, 3.05) is 0 Å². The monoisotopic (exact) mass is 344 g/mol. The second-order valence-corrected chi connectivity index (χ2v) is 7.36. The number of ketones is 1. The molecule has 0 saturated carbocycles. The highest BCUT2D eigenvalue weighted by atomic mass is 32.2. The molecule has 1 atom stereocenters. The van der Waals surface area contributed by atoms with E-state index in [2.05, 4.69) is 0 Å². The number of Topliss-reactive ketones (excluding diaryl/α,β-unsaturated/α-hetero) is 1. The first-order chi connectivity index (χ1) is 12.2. The molecule has 0 spiro atoms. The van der Waals surface area contributed by atoms with E-state index in [1.165, 1.54) is 6.07 Å². The molecule has 120 valence electrons. The van der Waals surface area contributed by atoms with E-state index in [1.807, 2.05) is 60.7 Å². The normalized spacial score (nSPS) is 18.0. The van der Waals surface area contributed by atoms with E-state index in [0.29, 0.717) is 0 Å². The molecule has 0 fully saturated rings. The summed E-state index contributed by atoms with van der Waals surface area (Å²) in [7, 11) is 0. The van der Waals surface area contributed by atoms with Gasteiger partial charge in [-0.15, -0.1) is 11.8 Å². The van der Waals surface area contributed by atoms with Crippen LogP contribution < -0.4 is 0 Å². The van der Waals surface area contributed by atoms with Gasteiger partial charge in [0.25, 0.3) is 0 Å². The predicted molar refractivity (Wildman–Crippen MR) is 98.2 cm³/mol. The zero-order chi connectivity index (χ0) is 17.0. The molecule has 0 bridgehead atoms. The van der Waals surface area contributed by atoms with Gasteiger partial charge in [0.1, 0.15) is 5.82 Å². The van der Waals surface area contributed by atoms with Gasteiger partial charge >= 0.3 is 0 Å². The Kier molecular flexibility index (Phi) is 3.19. The molecule has 0 saturated heterocycles. The summed E-state index contributed by atoms with van der Waals surface area (Å²) < 4.78 is 14.0. The van der Waals surface area contributed by atoms with Crippen LogP contribution in [-0.4, -0.2) is 5.78 Å². The van der Waals surface area contributed by atoms with Gasteiger partial charge in [-0.1, -0.05) is 48.5 Å². The summed E-state index contributed by atoms with van der Waals surface area (Å²) in [6.07, 6.45) is 0. The van der Waals surface area contributed by atoms with Gasteiger partial charge in [-0.05, 0) is 46.5 Å². The number of benzene rings is 3. The Hall–Kier alpha value is -2.65. The van der Waals surface area contributed by atoms with Gasteiger partial charge in [0, 0.05) is 16.0 Å². The molecule has 0 radical (unpaired) electrons. The predicted octanol–water partition coefficient (Wildman–Crippen LogP) is 5.67. The highest BCUT2D eigenvalue weighted by Crippen LogP contribution is 2.56. The van der Waals surface area contributed by atoms with Crippen LogP contribution >= 0.6 is 11.8 Å². The maximum absolute atomic E-state index is 14.0. The van der Waals surface area contributed by atoms with Crippen molar-refractivity contribution in [3.63, 3.8) is 0 Å². The fraction of sp³-hybridized carbons (Fsp3) is 0.0455. The number of thioether (sulfide) groups is 1. The molecule has 3 aromatic rings. The molecule has 1 heterocycles. The van der Waals surface area contributed by atoms with Crippen molar-refractivity contribution in [1.29, 1.82) is 0 Å². The Morgan fingerprint density at radius 3 is 2.44 bits per heavy atom.